The van der Waals surface area contributed by atoms with Gasteiger partial charge in [-0.2, -0.15) is 4.68 Å². The van der Waals surface area contributed by atoms with Crippen molar-refractivity contribution in [2.75, 3.05) is 12.3 Å². The van der Waals surface area contributed by atoms with E-state index in [0.717, 1.165) is 11.1 Å². The lowest BCUT2D eigenvalue weighted by Gasteiger charge is -2.17. The molecule has 0 aliphatic rings. The molecule has 1 heterocycles. The Hall–Kier alpha value is -1.92. The molecular weight excluding hydrogens is 377 g/mol. The van der Waals surface area contributed by atoms with Crippen LogP contribution in [0.15, 0.2) is 23.0 Å². The molecule has 0 fully saturated rings. The van der Waals surface area contributed by atoms with Crippen LogP contribution in [0.4, 0.5) is 10.6 Å². The standard InChI is InChI=1S/C18H23Cl2N3O3/c1-4-7-11(3)22-17(24)15(14-12(19)8-6-9-13(14)20)16(21)23(22)18(25)26-10-5-2/h6,8-9,11H,4-5,7,10,21H2,1-3H3. The highest BCUT2D eigenvalue weighted by Crippen LogP contribution is 2.36. The van der Waals surface area contributed by atoms with Gasteiger partial charge < -0.3 is 10.5 Å². The molecule has 0 spiro atoms. The lowest BCUT2D eigenvalue weighted by Crippen LogP contribution is -2.31. The largest absolute Gasteiger partial charge is 0.448 e. The third-order valence-electron chi connectivity index (χ3n) is 4.06. The molecule has 1 aromatic carbocycles. The predicted molar refractivity (Wildman–Crippen MR) is 105 cm³/mol. The zero-order chi connectivity index (χ0) is 19.4. The smallest absolute Gasteiger partial charge is 0.435 e. The summed E-state index contributed by atoms with van der Waals surface area (Å²) < 4.78 is 7.63. The highest BCUT2D eigenvalue weighted by atomic mass is 35.5. The van der Waals surface area contributed by atoms with Crippen LogP contribution in [0.5, 0.6) is 0 Å². The van der Waals surface area contributed by atoms with Crippen LogP contribution in [-0.2, 0) is 4.74 Å². The van der Waals surface area contributed by atoms with E-state index in [1.807, 2.05) is 20.8 Å². The second kappa shape index (κ2) is 8.64. The number of rotatable bonds is 6. The zero-order valence-electron chi connectivity index (χ0n) is 15.1. The first-order valence-corrected chi connectivity index (χ1v) is 9.35. The normalized spacial score (nSPS) is 12.2. The maximum Gasteiger partial charge on any atom is 0.435 e. The van der Waals surface area contributed by atoms with E-state index in [1.165, 1.54) is 4.68 Å². The quantitative estimate of drug-likeness (QED) is 0.743. The van der Waals surface area contributed by atoms with E-state index in [9.17, 15) is 9.59 Å². The van der Waals surface area contributed by atoms with Gasteiger partial charge in [0.25, 0.3) is 5.56 Å². The fourth-order valence-electron chi connectivity index (χ4n) is 2.88. The van der Waals surface area contributed by atoms with Gasteiger partial charge in [0.15, 0.2) is 0 Å². The maximum absolute atomic E-state index is 13.1. The molecule has 0 bridgehead atoms. The Bertz CT molecular complexity index is 838. The highest BCUT2D eigenvalue weighted by Gasteiger charge is 2.28. The van der Waals surface area contributed by atoms with E-state index in [0.29, 0.717) is 18.4 Å². The van der Waals surface area contributed by atoms with Crippen molar-refractivity contribution in [3.8, 4) is 11.1 Å². The summed E-state index contributed by atoms with van der Waals surface area (Å²) >= 11 is 12.5. The third kappa shape index (κ3) is 3.76. The molecule has 0 aliphatic carbocycles. The molecule has 0 amide bonds. The van der Waals surface area contributed by atoms with E-state index in [1.54, 1.807) is 18.2 Å². The molecule has 0 aliphatic heterocycles. The molecule has 1 aromatic heterocycles. The van der Waals surface area contributed by atoms with Crippen molar-refractivity contribution in [2.45, 2.75) is 46.1 Å². The molecular formula is C18H23Cl2N3O3. The summed E-state index contributed by atoms with van der Waals surface area (Å²) in [5, 5.41) is 0.575. The Labute approximate surface area is 162 Å². The summed E-state index contributed by atoms with van der Waals surface area (Å²) in [6.45, 7) is 5.97. The Morgan fingerprint density at radius 3 is 2.35 bits per heavy atom. The van der Waals surface area contributed by atoms with Gasteiger partial charge in [-0.15, -0.1) is 0 Å². The molecule has 6 nitrogen and oxygen atoms in total. The number of hydrogen-bond acceptors (Lipinski definition) is 4. The van der Waals surface area contributed by atoms with Crippen molar-refractivity contribution in [1.82, 2.24) is 9.36 Å². The number of anilines is 1. The van der Waals surface area contributed by atoms with Crippen LogP contribution in [0.1, 0.15) is 46.1 Å². The Morgan fingerprint density at radius 2 is 1.81 bits per heavy atom. The lowest BCUT2D eigenvalue weighted by atomic mass is 10.1. The highest BCUT2D eigenvalue weighted by molar-refractivity contribution is 6.39. The van der Waals surface area contributed by atoms with E-state index in [4.69, 9.17) is 33.7 Å². The van der Waals surface area contributed by atoms with E-state index in [2.05, 4.69) is 0 Å². The van der Waals surface area contributed by atoms with Gasteiger partial charge in [-0.05, 0) is 31.9 Å². The average Bonchev–Trinajstić information content (AvgIpc) is 2.84. The Balaban J connectivity index is 2.76. The molecule has 8 heteroatoms. The van der Waals surface area contributed by atoms with Crippen molar-refractivity contribution in [3.05, 3.63) is 38.6 Å². The van der Waals surface area contributed by atoms with Crippen LogP contribution >= 0.6 is 23.2 Å². The van der Waals surface area contributed by atoms with E-state index >= 15 is 0 Å². The molecule has 0 radical (unpaired) electrons. The first-order valence-electron chi connectivity index (χ1n) is 8.59. The van der Waals surface area contributed by atoms with Gasteiger partial charge in [0.1, 0.15) is 5.82 Å². The molecule has 142 valence electrons. The van der Waals surface area contributed by atoms with Gasteiger partial charge in [-0.3, -0.25) is 4.79 Å². The first-order chi connectivity index (χ1) is 12.3. The van der Waals surface area contributed by atoms with Gasteiger partial charge in [-0.1, -0.05) is 49.5 Å². The number of benzene rings is 1. The van der Waals surface area contributed by atoms with Crippen LogP contribution in [0, 0.1) is 0 Å². The van der Waals surface area contributed by atoms with E-state index < -0.39 is 11.7 Å². The summed E-state index contributed by atoms with van der Waals surface area (Å²) in [7, 11) is 0. The number of nitrogens with two attached hydrogens (primary N) is 1. The predicted octanol–water partition coefficient (Wildman–Crippen LogP) is 4.96. The topological polar surface area (TPSA) is 79.2 Å². The minimum absolute atomic E-state index is 0.0333. The summed E-state index contributed by atoms with van der Waals surface area (Å²) in [4.78, 5) is 25.7. The lowest BCUT2D eigenvalue weighted by molar-refractivity contribution is 0.138. The van der Waals surface area contributed by atoms with Crippen molar-refractivity contribution in [2.24, 2.45) is 0 Å². The van der Waals surface area contributed by atoms with Crippen LogP contribution in [0.25, 0.3) is 11.1 Å². The zero-order valence-corrected chi connectivity index (χ0v) is 16.6. The number of nitrogen functional groups attached to an aromatic ring is 1. The molecule has 2 aromatic rings. The molecule has 2 N–H and O–H groups in total. The minimum Gasteiger partial charge on any atom is -0.448 e. The summed E-state index contributed by atoms with van der Waals surface area (Å²) in [5.41, 5.74) is 6.21. The number of halogens is 2. The summed E-state index contributed by atoms with van der Waals surface area (Å²) in [6, 6.07) is 4.66. The van der Waals surface area contributed by atoms with Crippen LogP contribution in [-0.4, -0.2) is 22.1 Å². The number of ether oxygens (including phenoxy) is 1. The SMILES string of the molecule is CCCOC(=O)n1c(N)c(-c2c(Cl)cccc2Cl)c(=O)n1C(C)CCC. The van der Waals surface area contributed by atoms with Gasteiger partial charge in [0, 0.05) is 5.56 Å². The number of nitrogens with zero attached hydrogens (tertiary/aromatic N) is 2. The number of carbonyl (C=O) groups is 1. The van der Waals surface area contributed by atoms with Crippen molar-refractivity contribution in [3.63, 3.8) is 0 Å². The second-order valence-electron chi connectivity index (χ2n) is 6.07. The third-order valence-corrected chi connectivity index (χ3v) is 4.69. The molecule has 0 saturated heterocycles. The Kier molecular flexibility index (Phi) is 6.78. The number of carbonyl (C=O) groups excluding carboxylic acids is 1. The van der Waals surface area contributed by atoms with Crippen LogP contribution < -0.4 is 11.3 Å². The van der Waals surface area contributed by atoms with Crippen LogP contribution in [0.2, 0.25) is 10.0 Å². The Morgan fingerprint density at radius 1 is 1.19 bits per heavy atom. The van der Waals surface area contributed by atoms with Crippen molar-refractivity contribution < 1.29 is 9.53 Å². The van der Waals surface area contributed by atoms with Gasteiger partial charge in [0.2, 0.25) is 0 Å². The van der Waals surface area contributed by atoms with Crippen LogP contribution in [0.3, 0.4) is 0 Å². The molecule has 1 unspecified atom stereocenters. The number of aromatic nitrogens is 2. The molecule has 2 rings (SSSR count). The average molecular weight is 400 g/mol. The maximum atomic E-state index is 13.1. The van der Waals surface area contributed by atoms with E-state index in [-0.39, 0.29) is 34.1 Å². The molecule has 1 atom stereocenters. The van der Waals surface area contributed by atoms with Gasteiger partial charge in [0.05, 0.1) is 28.3 Å². The molecule has 0 saturated carbocycles. The van der Waals surface area contributed by atoms with Gasteiger partial charge >= 0.3 is 6.09 Å². The fourth-order valence-corrected chi connectivity index (χ4v) is 3.47. The molecule has 26 heavy (non-hydrogen) atoms. The summed E-state index contributed by atoms with van der Waals surface area (Å²) in [5.74, 6) is -0.0333. The fraction of sp³-hybridized carbons (Fsp3) is 0.444. The van der Waals surface area contributed by atoms with Crippen molar-refractivity contribution in [1.29, 1.82) is 0 Å². The summed E-state index contributed by atoms with van der Waals surface area (Å²) in [6.07, 6.45) is 1.49. The second-order valence-corrected chi connectivity index (χ2v) is 6.88. The minimum atomic E-state index is -0.696. The monoisotopic (exact) mass is 399 g/mol. The first kappa shape index (κ1) is 20.4. The van der Waals surface area contributed by atoms with Gasteiger partial charge in [-0.25, -0.2) is 9.48 Å². The van der Waals surface area contributed by atoms with Crippen molar-refractivity contribution >= 4 is 35.1 Å². The number of hydrogen-bond donors (Lipinski definition) is 1.